The summed E-state index contributed by atoms with van der Waals surface area (Å²) in [6.45, 7) is 6.04. The zero-order valence-corrected chi connectivity index (χ0v) is 13.5. The molecule has 0 N–H and O–H groups in total. The van der Waals surface area contributed by atoms with Crippen LogP contribution in [-0.2, 0) is 16.0 Å². The maximum Gasteiger partial charge on any atom is 0.384 e. The van der Waals surface area contributed by atoms with Gasteiger partial charge in [-0.2, -0.15) is 0 Å². The van der Waals surface area contributed by atoms with E-state index in [1.807, 2.05) is 20.8 Å². The van der Waals surface area contributed by atoms with Gasteiger partial charge in [0.2, 0.25) is 0 Å². The molecule has 0 heterocycles. The number of carbonyl (C=O) groups is 1. The van der Waals surface area contributed by atoms with Crippen molar-refractivity contribution in [3.8, 4) is 23.3 Å². The molecule has 4 heteroatoms. The number of hydrogen-bond acceptors (Lipinski definition) is 4. The minimum atomic E-state index is -0.517. The molecule has 0 aliphatic heterocycles. The number of carbonyl (C=O) groups excluding carboxylic acids is 1. The van der Waals surface area contributed by atoms with Crippen molar-refractivity contribution < 1.29 is 19.0 Å². The van der Waals surface area contributed by atoms with Gasteiger partial charge in [0.05, 0.1) is 21.3 Å². The van der Waals surface area contributed by atoms with Gasteiger partial charge < -0.3 is 14.2 Å². The van der Waals surface area contributed by atoms with Crippen molar-refractivity contribution in [1.82, 2.24) is 0 Å². The Balaban J connectivity index is 3.13. The van der Waals surface area contributed by atoms with E-state index in [1.54, 1.807) is 14.2 Å². The van der Waals surface area contributed by atoms with Gasteiger partial charge in [0.1, 0.15) is 11.5 Å². The minimum Gasteiger partial charge on any atom is -0.496 e. The summed E-state index contributed by atoms with van der Waals surface area (Å²) in [4.78, 5) is 11.0. The SMILES string of the molecule is COC(=O)C#CCCc1c(C)c(OC)c(C)c(C)c1OC. The summed E-state index contributed by atoms with van der Waals surface area (Å²) in [6.07, 6.45) is 1.24. The summed E-state index contributed by atoms with van der Waals surface area (Å²) >= 11 is 0. The highest BCUT2D eigenvalue weighted by molar-refractivity contribution is 5.88. The van der Waals surface area contributed by atoms with Crippen molar-refractivity contribution in [2.45, 2.75) is 33.6 Å². The molecule has 0 radical (unpaired) electrons. The predicted octanol–water partition coefficient (Wildman–Crippen LogP) is 2.74. The molecule has 0 amide bonds. The summed E-state index contributed by atoms with van der Waals surface area (Å²) in [7, 11) is 4.65. The van der Waals surface area contributed by atoms with Crippen LogP contribution in [0.3, 0.4) is 0 Å². The van der Waals surface area contributed by atoms with Crippen molar-refractivity contribution in [2.75, 3.05) is 21.3 Å². The van der Waals surface area contributed by atoms with E-state index >= 15 is 0 Å². The summed E-state index contributed by atoms with van der Waals surface area (Å²) < 4.78 is 15.5. The molecule has 1 aromatic rings. The molecular weight excluding hydrogens is 268 g/mol. The van der Waals surface area contributed by atoms with Gasteiger partial charge in [-0.05, 0) is 43.9 Å². The van der Waals surface area contributed by atoms with Crippen LogP contribution in [0.1, 0.15) is 28.7 Å². The van der Waals surface area contributed by atoms with Crippen molar-refractivity contribution >= 4 is 5.97 Å². The van der Waals surface area contributed by atoms with E-state index in [0.717, 1.165) is 33.8 Å². The molecule has 0 aromatic heterocycles. The van der Waals surface area contributed by atoms with Crippen LogP contribution in [0.25, 0.3) is 0 Å². The van der Waals surface area contributed by atoms with Gasteiger partial charge in [-0.1, -0.05) is 5.92 Å². The molecule has 0 atom stereocenters. The van der Waals surface area contributed by atoms with Crippen LogP contribution in [0.5, 0.6) is 11.5 Å². The lowest BCUT2D eigenvalue weighted by Gasteiger charge is -2.20. The van der Waals surface area contributed by atoms with Gasteiger partial charge in [-0.25, -0.2) is 4.79 Å². The highest BCUT2D eigenvalue weighted by atomic mass is 16.5. The standard InChI is InChI=1S/C17H22O4/c1-11-12(2)17(21-6)14(13(3)16(11)20-5)9-7-8-10-15(18)19-4/h7,9H2,1-6H3. The molecule has 4 nitrogen and oxygen atoms in total. The number of benzene rings is 1. The molecule has 0 aliphatic carbocycles. The normalized spacial score (nSPS) is 9.62. The van der Waals surface area contributed by atoms with Gasteiger partial charge in [0.15, 0.2) is 0 Å². The van der Waals surface area contributed by atoms with Crippen molar-refractivity contribution in [1.29, 1.82) is 0 Å². The maximum absolute atomic E-state index is 11.0. The molecule has 0 saturated heterocycles. The molecular formula is C17H22O4. The van der Waals surface area contributed by atoms with E-state index in [4.69, 9.17) is 9.47 Å². The van der Waals surface area contributed by atoms with Crippen LogP contribution in [0.2, 0.25) is 0 Å². The van der Waals surface area contributed by atoms with Gasteiger partial charge in [0, 0.05) is 17.9 Å². The fraction of sp³-hybridized carbons (Fsp3) is 0.471. The third kappa shape index (κ3) is 3.69. The summed E-state index contributed by atoms with van der Waals surface area (Å²) in [5, 5.41) is 0. The Kier molecular flexibility index (Phi) is 6.10. The molecule has 1 rings (SSSR count). The third-order valence-corrected chi connectivity index (χ3v) is 3.60. The van der Waals surface area contributed by atoms with Crippen LogP contribution in [0.4, 0.5) is 0 Å². The summed E-state index contributed by atoms with van der Waals surface area (Å²) in [6, 6.07) is 0. The van der Waals surface area contributed by atoms with Crippen LogP contribution in [0.15, 0.2) is 0 Å². The number of rotatable bonds is 4. The van der Waals surface area contributed by atoms with E-state index in [9.17, 15) is 4.79 Å². The minimum absolute atomic E-state index is 0.517. The quantitative estimate of drug-likeness (QED) is 0.486. The second-order valence-electron chi connectivity index (χ2n) is 4.71. The van der Waals surface area contributed by atoms with Gasteiger partial charge >= 0.3 is 5.97 Å². The molecule has 114 valence electrons. The average molecular weight is 290 g/mol. The highest BCUT2D eigenvalue weighted by Crippen LogP contribution is 2.38. The maximum atomic E-state index is 11.0. The molecule has 0 aliphatic rings. The molecule has 0 saturated carbocycles. The first-order valence-corrected chi connectivity index (χ1v) is 6.75. The van der Waals surface area contributed by atoms with E-state index in [2.05, 4.69) is 16.6 Å². The monoisotopic (exact) mass is 290 g/mol. The Bertz CT molecular complexity index is 591. The molecule has 0 spiro atoms. The van der Waals surface area contributed by atoms with Crippen molar-refractivity contribution in [3.05, 3.63) is 22.3 Å². The number of esters is 1. The van der Waals surface area contributed by atoms with Crippen LogP contribution in [0, 0.1) is 32.6 Å². The number of hydrogen-bond donors (Lipinski definition) is 0. The lowest BCUT2D eigenvalue weighted by atomic mass is 9.94. The summed E-state index contributed by atoms with van der Waals surface area (Å²) in [5.41, 5.74) is 4.26. The second-order valence-corrected chi connectivity index (χ2v) is 4.71. The second kappa shape index (κ2) is 7.58. The number of methoxy groups -OCH3 is 3. The number of ether oxygens (including phenoxy) is 3. The summed E-state index contributed by atoms with van der Waals surface area (Å²) in [5.74, 6) is 6.47. The van der Waals surface area contributed by atoms with Crippen LogP contribution >= 0.6 is 0 Å². The first-order chi connectivity index (χ1) is 9.97. The Hall–Kier alpha value is -2.15. The van der Waals surface area contributed by atoms with E-state index < -0.39 is 5.97 Å². The van der Waals surface area contributed by atoms with Crippen molar-refractivity contribution in [2.24, 2.45) is 0 Å². The van der Waals surface area contributed by atoms with Gasteiger partial charge in [0.25, 0.3) is 0 Å². The molecule has 0 bridgehead atoms. The smallest absolute Gasteiger partial charge is 0.384 e. The topological polar surface area (TPSA) is 44.8 Å². The largest absolute Gasteiger partial charge is 0.496 e. The Morgan fingerprint density at radius 3 is 2.05 bits per heavy atom. The fourth-order valence-corrected chi connectivity index (χ4v) is 2.41. The Labute approximate surface area is 126 Å². The lowest BCUT2D eigenvalue weighted by Crippen LogP contribution is -2.04. The Morgan fingerprint density at radius 2 is 1.52 bits per heavy atom. The van der Waals surface area contributed by atoms with Crippen LogP contribution in [-0.4, -0.2) is 27.3 Å². The zero-order chi connectivity index (χ0) is 16.0. The fourth-order valence-electron chi connectivity index (χ4n) is 2.41. The van der Waals surface area contributed by atoms with Gasteiger partial charge in [-0.15, -0.1) is 0 Å². The molecule has 1 aromatic carbocycles. The molecule has 0 unspecified atom stereocenters. The van der Waals surface area contributed by atoms with E-state index in [0.29, 0.717) is 12.8 Å². The molecule has 0 fully saturated rings. The van der Waals surface area contributed by atoms with Crippen molar-refractivity contribution in [3.63, 3.8) is 0 Å². The first-order valence-electron chi connectivity index (χ1n) is 6.75. The lowest BCUT2D eigenvalue weighted by molar-refractivity contribution is -0.133. The molecule has 21 heavy (non-hydrogen) atoms. The van der Waals surface area contributed by atoms with Gasteiger partial charge in [-0.3, -0.25) is 0 Å². The van der Waals surface area contributed by atoms with E-state index in [1.165, 1.54) is 7.11 Å². The Morgan fingerprint density at radius 1 is 0.952 bits per heavy atom. The van der Waals surface area contributed by atoms with Crippen LogP contribution < -0.4 is 9.47 Å². The predicted molar refractivity (Wildman–Crippen MR) is 81.9 cm³/mol. The highest BCUT2D eigenvalue weighted by Gasteiger charge is 2.17. The van der Waals surface area contributed by atoms with E-state index in [-0.39, 0.29) is 0 Å². The zero-order valence-electron chi connectivity index (χ0n) is 13.5. The average Bonchev–Trinajstić information content (AvgIpc) is 2.48. The first kappa shape index (κ1) is 16.9. The third-order valence-electron chi connectivity index (χ3n) is 3.60.